The molecule has 2 atom stereocenters. The molecule has 0 amide bonds. The molecule has 2 unspecified atom stereocenters. The van der Waals surface area contributed by atoms with Gasteiger partial charge in [-0.25, -0.2) is 0 Å². The average molecular weight is 285 g/mol. The Hall–Kier alpha value is -1.84. The van der Waals surface area contributed by atoms with Crippen molar-refractivity contribution in [3.05, 3.63) is 30.2 Å². The predicted molar refractivity (Wildman–Crippen MR) is 84.1 cm³/mol. The van der Waals surface area contributed by atoms with Gasteiger partial charge in [-0.1, -0.05) is 26.3 Å². The van der Waals surface area contributed by atoms with E-state index in [9.17, 15) is 0 Å². The molecule has 1 N–H and O–H groups in total. The Morgan fingerprint density at radius 2 is 1.95 bits per heavy atom. The third-order valence-electron chi connectivity index (χ3n) is 4.71. The summed E-state index contributed by atoms with van der Waals surface area (Å²) in [7, 11) is 0. The van der Waals surface area contributed by atoms with Crippen LogP contribution < -0.4 is 5.32 Å². The van der Waals surface area contributed by atoms with Crippen molar-refractivity contribution < 1.29 is 4.42 Å². The van der Waals surface area contributed by atoms with Crippen molar-refractivity contribution in [2.45, 2.75) is 46.1 Å². The highest BCUT2D eigenvalue weighted by molar-refractivity contribution is 5.64. The van der Waals surface area contributed by atoms with Crippen LogP contribution in [0.1, 0.15) is 38.7 Å². The van der Waals surface area contributed by atoms with E-state index in [2.05, 4.69) is 48.4 Å². The Labute approximate surface area is 126 Å². The summed E-state index contributed by atoms with van der Waals surface area (Å²) in [6.07, 6.45) is 5.34. The SMILES string of the molecule is Cc1ccc(-c2nnco2)cc1NC1C(C)CCCC1C. The predicted octanol–water partition coefficient (Wildman–Crippen LogP) is 4.28. The van der Waals surface area contributed by atoms with Crippen LogP contribution in [0.5, 0.6) is 0 Å². The summed E-state index contributed by atoms with van der Waals surface area (Å²) >= 11 is 0. The van der Waals surface area contributed by atoms with Gasteiger partial charge in [0, 0.05) is 17.3 Å². The molecule has 0 spiro atoms. The molecule has 0 aliphatic heterocycles. The van der Waals surface area contributed by atoms with E-state index in [1.807, 2.05) is 6.07 Å². The first kappa shape index (κ1) is 14.1. The zero-order chi connectivity index (χ0) is 14.8. The van der Waals surface area contributed by atoms with E-state index in [1.54, 1.807) is 0 Å². The molecule has 1 heterocycles. The number of rotatable bonds is 3. The summed E-state index contributed by atoms with van der Waals surface area (Å²) in [4.78, 5) is 0. The van der Waals surface area contributed by atoms with E-state index < -0.39 is 0 Å². The van der Waals surface area contributed by atoms with Gasteiger partial charge in [0.15, 0.2) is 0 Å². The van der Waals surface area contributed by atoms with Crippen LogP contribution in [0.25, 0.3) is 11.5 Å². The van der Waals surface area contributed by atoms with Gasteiger partial charge in [0.2, 0.25) is 12.3 Å². The van der Waals surface area contributed by atoms with Gasteiger partial charge in [0.05, 0.1) is 0 Å². The number of aromatic nitrogens is 2. The fourth-order valence-corrected chi connectivity index (χ4v) is 3.36. The second-order valence-electron chi connectivity index (χ2n) is 6.33. The zero-order valence-electron chi connectivity index (χ0n) is 13.0. The zero-order valence-corrected chi connectivity index (χ0v) is 13.0. The van der Waals surface area contributed by atoms with Crippen LogP contribution in [-0.2, 0) is 0 Å². The number of hydrogen-bond acceptors (Lipinski definition) is 4. The minimum Gasteiger partial charge on any atom is -0.423 e. The number of nitrogens with one attached hydrogen (secondary N) is 1. The first-order valence-electron chi connectivity index (χ1n) is 7.79. The second kappa shape index (κ2) is 5.88. The highest BCUT2D eigenvalue weighted by Gasteiger charge is 2.27. The summed E-state index contributed by atoms with van der Waals surface area (Å²) in [5.41, 5.74) is 3.40. The smallest absolute Gasteiger partial charge is 0.247 e. The minimum atomic E-state index is 0.537. The lowest BCUT2D eigenvalue weighted by molar-refractivity contribution is 0.268. The van der Waals surface area contributed by atoms with Gasteiger partial charge in [0.1, 0.15) is 0 Å². The average Bonchev–Trinajstić information content (AvgIpc) is 2.99. The fourth-order valence-electron chi connectivity index (χ4n) is 3.36. The monoisotopic (exact) mass is 285 g/mol. The standard InChI is InChI=1S/C17H23N3O/c1-11-7-8-14(17-20-18-10-21-17)9-15(11)19-16-12(2)5-4-6-13(16)3/h7-10,12-13,16,19H,4-6H2,1-3H3. The number of nitrogens with zero attached hydrogens (tertiary/aromatic N) is 2. The molecule has 1 aromatic heterocycles. The Balaban J connectivity index is 1.86. The minimum absolute atomic E-state index is 0.537. The van der Waals surface area contributed by atoms with Crippen molar-refractivity contribution in [1.29, 1.82) is 0 Å². The van der Waals surface area contributed by atoms with Gasteiger partial charge in [0.25, 0.3) is 0 Å². The Morgan fingerprint density at radius 1 is 1.19 bits per heavy atom. The Bertz CT molecular complexity index is 584. The normalized spacial score (nSPS) is 25.8. The third kappa shape index (κ3) is 2.94. The van der Waals surface area contributed by atoms with E-state index >= 15 is 0 Å². The molecule has 0 saturated heterocycles. The van der Waals surface area contributed by atoms with Crippen LogP contribution >= 0.6 is 0 Å². The maximum Gasteiger partial charge on any atom is 0.247 e. The summed E-state index contributed by atoms with van der Waals surface area (Å²) in [6.45, 7) is 6.84. The third-order valence-corrected chi connectivity index (χ3v) is 4.71. The quantitative estimate of drug-likeness (QED) is 0.914. The van der Waals surface area contributed by atoms with Crippen LogP contribution in [-0.4, -0.2) is 16.2 Å². The second-order valence-corrected chi connectivity index (χ2v) is 6.33. The van der Waals surface area contributed by atoms with Crippen LogP contribution in [0.15, 0.2) is 29.0 Å². The lowest BCUT2D eigenvalue weighted by Gasteiger charge is -2.36. The number of anilines is 1. The molecule has 1 fully saturated rings. The van der Waals surface area contributed by atoms with Crippen molar-refractivity contribution in [3.63, 3.8) is 0 Å². The maximum absolute atomic E-state index is 5.30. The molecule has 2 aromatic rings. The molecule has 112 valence electrons. The van der Waals surface area contributed by atoms with Crippen molar-refractivity contribution in [2.24, 2.45) is 11.8 Å². The summed E-state index contributed by atoms with van der Waals surface area (Å²) in [6, 6.07) is 6.80. The molecule has 0 bridgehead atoms. The first-order valence-corrected chi connectivity index (χ1v) is 7.79. The molecule has 4 heteroatoms. The summed E-state index contributed by atoms with van der Waals surface area (Å²) in [5.74, 6) is 1.99. The highest BCUT2D eigenvalue weighted by atomic mass is 16.4. The van der Waals surface area contributed by atoms with E-state index in [4.69, 9.17) is 4.42 Å². The molecule has 1 saturated carbocycles. The van der Waals surface area contributed by atoms with Gasteiger partial charge in [-0.3, -0.25) is 0 Å². The molecular weight excluding hydrogens is 262 g/mol. The lowest BCUT2D eigenvalue weighted by atomic mass is 9.78. The molecule has 1 aliphatic rings. The van der Waals surface area contributed by atoms with E-state index in [0.717, 1.165) is 5.56 Å². The van der Waals surface area contributed by atoms with Crippen molar-refractivity contribution in [2.75, 3.05) is 5.32 Å². The molecule has 3 rings (SSSR count). The van der Waals surface area contributed by atoms with Gasteiger partial charge in [-0.05, 0) is 49.3 Å². The van der Waals surface area contributed by atoms with Crippen molar-refractivity contribution in [3.8, 4) is 11.5 Å². The number of benzene rings is 1. The fraction of sp³-hybridized carbons (Fsp3) is 0.529. The first-order chi connectivity index (χ1) is 10.1. The molecule has 1 aromatic carbocycles. The van der Waals surface area contributed by atoms with E-state index in [-0.39, 0.29) is 0 Å². The molecule has 0 radical (unpaired) electrons. The lowest BCUT2D eigenvalue weighted by Crippen LogP contribution is -2.37. The Kier molecular flexibility index (Phi) is 3.95. The topological polar surface area (TPSA) is 51.0 Å². The number of aryl methyl sites for hydroxylation is 1. The largest absolute Gasteiger partial charge is 0.423 e. The molecule has 21 heavy (non-hydrogen) atoms. The van der Waals surface area contributed by atoms with Crippen LogP contribution in [0.4, 0.5) is 5.69 Å². The van der Waals surface area contributed by atoms with E-state index in [1.165, 1.54) is 36.9 Å². The van der Waals surface area contributed by atoms with Gasteiger partial charge in [-0.15, -0.1) is 10.2 Å². The van der Waals surface area contributed by atoms with Crippen LogP contribution in [0.2, 0.25) is 0 Å². The molecule has 1 aliphatic carbocycles. The molecular formula is C17H23N3O. The van der Waals surface area contributed by atoms with Crippen LogP contribution in [0.3, 0.4) is 0 Å². The number of hydrogen-bond donors (Lipinski definition) is 1. The van der Waals surface area contributed by atoms with Gasteiger partial charge in [-0.2, -0.15) is 0 Å². The Morgan fingerprint density at radius 3 is 2.62 bits per heavy atom. The van der Waals surface area contributed by atoms with Gasteiger partial charge >= 0.3 is 0 Å². The molecule has 4 nitrogen and oxygen atoms in total. The highest BCUT2D eigenvalue weighted by Crippen LogP contribution is 2.33. The van der Waals surface area contributed by atoms with E-state index in [0.29, 0.717) is 23.8 Å². The maximum atomic E-state index is 5.30. The van der Waals surface area contributed by atoms with Gasteiger partial charge < -0.3 is 9.73 Å². The van der Waals surface area contributed by atoms with Crippen molar-refractivity contribution in [1.82, 2.24) is 10.2 Å². The summed E-state index contributed by atoms with van der Waals surface area (Å²) in [5, 5.41) is 11.5. The summed E-state index contributed by atoms with van der Waals surface area (Å²) < 4.78 is 5.30. The van der Waals surface area contributed by atoms with Crippen molar-refractivity contribution >= 4 is 5.69 Å². The van der Waals surface area contributed by atoms with Crippen LogP contribution in [0, 0.1) is 18.8 Å².